The van der Waals surface area contributed by atoms with Crippen LogP contribution in [0, 0.1) is 0 Å². The summed E-state index contributed by atoms with van der Waals surface area (Å²) in [5, 5.41) is 2.84. The molecule has 0 atom stereocenters. The molecule has 148 valence electrons. The lowest BCUT2D eigenvalue weighted by Gasteiger charge is -2.14. The van der Waals surface area contributed by atoms with Crippen LogP contribution in [-0.4, -0.2) is 31.6 Å². The number of rotatable bonds is 8. The van der Waals surface area contributed by atoms with E-state index in [2.05, 4.69) is 5.32 Å². The number of hydrogen-bond donors (Lipinski definition) is 2. The van der Waals surface area contributed by atoms with E-state index in [4.69, 9.17) is 19.9 Å². The molecule has 1 saturated carbocycles. The quantitative estimate of drug-likeness (QED) is 0.728. The van der Waals surface area contributed by atoms with E-state index in [1.54, 1.807) is 18.2 Å². The molecule has 1 aliphatic rings. The molecule has 7 nitrogen and oxygen atoms in total. The summed E-state index contributed by atoms with van der Waals surface area (Å²) in [6.45, 7) is -0.267. The number of methoxy groups -OCH3 is 1. The minimum absolute atomic E-state index is 0.267. The molecule has 2 aromatic rings. The number of benzene rings is 2. The second-order valence-electron chi connectivity index (χ2n) is 6.62. The normalized spacial score (nSPS) is 13.8. The molecule has 0 radical (unpaired) electrons. The van der Waals surface area contributed by atoms with Gasteiger partial charge in [0.1, 0.15) is 5.75 Å². The van der Waals surface area contributed by atoms with Crippen molar-refractivity contribution >= 4 is 17.5 Å². The Balaban J connectivity index is 1.62. The fourth-order valence-electron chi connectivity index (χ4n) is 3.10. The molecule has 0 spiro atoms. The van der Waals surface area contributed by atoms with Crippen molar-refractivity contribution < 1.29 is 23.8 Å². The van der Waals surface area contributed by atoms with Gasteiger partial charge in [0.2, 0.25) is 0 Å². The molecular formula is C21H24N2O5. The number of carbonyl (C=O) groups excluding carboxylic acids is 2. The van der Waals surface area contributed by atoms with Crippen LogP contribution in [0.5, 0.6) is 17.2 Å². The summed E-state index contributed by atoms with van der Waals surface area (Å²) in [6.07, 6.45) is 4.92. The Labute approximate surface area is 163 Å². The third-order valence-electron chi connectivity index (χ3n) is 4.51. The number of amides is 2. The monoisotopic (exact) mass is 384 g/mol. The van der Waals surface area contributed by atoms with Gasteiger partial charge in [0.15, 0.2) is 18.1 Å². The number of anilines is 1. The van der Waals surface area contributed by atoms with Gasteiger partial charge in [0.05, 0.1) is 13.2 Å². The van der Waals surface area contributed by atoms with E-state index in [9.17, 15) is 9.59 Å². The Bertz CT molecular complexity index is 829. The molecule has 0 aromatic heterocycles. The Kier molecular flexibility index (Phi) is 6.37. The van der Waals surface area contributed by atoms with Crippen LogP contribution in [0.25, 0.3) is 0 Å². The van der Waals surface area contributed by atoms with Crippen LogP contribution in [0.15, 0.2) is 42.5 Å². The highest BCUT2D eigenvalue weighted by Crippen LogP contribution is 2.29. The highest BCUT2D eigenvalue weighted by atomic mass is 16.5. The maximum absolute atomic E-state index is 12.5. The number of ether oxygens (including phenoxy) is 3. The van der Waals surface area contributed by atoms with Crippen LogP contribution in [0.4, 0.5) is 5.69 Å². The second-order valence-corrected chi connectivity index (χ2v) is 6.62. The number of primary amides is 1. The first-order valence-corrected chi connectivity index (χ1v) is 9.22. The lowest BCUT2D eigenvalue weighted by atomic mass is 10.1. The Hall–Kier alpha value is -3.22. The van der Waals surface area contributed by atoms with E-state index in [1.807, 2.05) is 24.3 Å². The summed E-state index contributed by atoms with van der Waals surface area (Å²) in [7, 11) is 1.46. The molecule has 0 aliphatic heterocycles. The predicted molar refractivity (Wildman–Crippen MR) is 105 cm³/mol. The maximum Gasteiger partial charge on any atom is 0.255 e. The molecule has 28 heavy (non-hydrogen) atoms. The van der Waals surface area contributed by atoms with Crippen LogP contribution in [0.3, 0.4) is 0 Å². The van der Waals surface area contributed by atoms with E-state index in [0.717, 1.165) is 18.6 Å². The number of carbonyl (C=O) groups is 2. The van der Waals surface area contributed by atoms with Crippen molar-refractivity contribution in [2.45, 2.75) is 31.8 Å². The Morgan fingerprint density at radius 1 is 1.07 bits per heavy atom. The standard InChI is InChI=1S/C21H24N2O5/c1-26-19-12-14(6-11-18(19)27-13-20(22)24)21(25)23-15-7-9-17(10-8-15)28-16-4-2-3-5-16/h6-12,16H,2-5,13H2,1H3,(H2,22,24)(H,23,25). The molecular weight excluding hydrogens is 360 g/mol. The molecule has 7 heteroatoms. The van der Waals surface area contributed by atoms with Crippen LogP contribution < -0.4 is 25.3 Å². The van der Waals surface area contributed by atoms with Gasteiger partial charge in [-0.1, -0.05) is 0 Å². The molecule has 0 saturated heterocycles. The van der Waals surface area contributed by atoms with Gasteiger partial charge in [-0.25, -0.2) is 0 Å². The van der Waals surface area contributed by atoms with Crippen molar-refractivity contribution in [3.8, 4) is 17.2 Å². The number of nitrogens with one attached hydrogen (secondary N) is 1. The molecule has 2 amide bonds. The smallest absolute Gasteiger partial charge is 0.255 e. The van der Waals surface area contributed by atoms with Gasteiger partial charge in [0, 0.05) is 11.3 Å². The summed E-state index contributed by atoms with van der Waals surface area (Å²) >= 11 is 0. The first-order chi connectivity index (χ1) is 13.5. The van der Waals surface area contributed by atoms with Crippen molar-refractivity contribution in [1.82, 2.24) is 0 Å². The number of hydrogen-bond acceptors (Lipinski definition) is 5. The predicted octanol–water partition coefficient (Wildman–Crippen LogP) is 3.13. The van der Waals surface area contributed by atoms with E-state index in [0.29, 0.717) is 28.9 Å². The van der Waals surface area contributed by atoms with Crippen LogP contribution in [0.1, 0.15) is 36.0 Å². The van der Waals surface area contributed by atoms with Crippen molar-refractivity contribution in [2.75, 3.05) is 19.0 Å². The van der Waals surface area contributed by atoms with Crippen LogP contribution in [0.2, 0.25) is 0 Å². The van der Waals surface area contributed by atoms with Crippen molar-refractivity contribution in [2.24, 2.45) is 5.73 Å². The topological polar surface area (TPSA) is 99.9 Å². The van der Waals surface area contributed by atoms with E-state index < -0.39 is 5.91 Å². The first-order valence-electron chi connectivity index (χ1n) is 9.22. The second kappa shape index (κ2) is 9.12. The van der Waals surface area contributed by atoms with Gasteiger partial charge in [-0.15, -0.1) is 0 Å². The van der Waals surface area contributed by atoms with Crippen molar-refractivity contribution in [3.05, 3.63) is 48.0 Å². The van der Waals surface area contributed by atoms with E-state index in [1.165, 1.54) is 20.0 Å². The highest BCUT2D eigenvalue weighted by Gasteiger charge is 2.16. The lowest BCUT2D eigenvalue weighted by Crippen LogP contribution is -2.20. The number of nitrogens with two attached hydrogens (primary N) is 1. The summed E-state index contributed by atoms with van der Waals surface area (Å²) in [5.41, 5.74) is 6.14. The third kappa shape index (κ3) is 5.16. The summed E-state index contributed by atoms with van der Waals surface area (Å²) in [4.78, 5) is 23.4. The summed E-state index contributed by atoms with van der Waals surface area (Å²) < 4.78 is 16.4. The van der Waals surface area contributed by atoms with Gasteiger partial charge < -0.3 is 25.3 Å². The van der Waals surface area contributed by atoms with Gasteiger partial charge in [0.25, 0.3) is 11.8 Å². The van der Waals surface area contributed by atoms with E-state index >= 15 is 0 Å². The van der Waals surface area contributed by atoms with Gasteiger partial charge in [-0.2, -0.15) is 0 Å². The zero-order valence-corrected chi connectivity index (χ0v) is 15.8. The molecule has 3 N–H and O–H groups in total. The molecule has 2 aromatic carbocycles. The minimum atomic E-state index is -0.593. The molecule has 0 heterocycles. The molecule has 1 aliphatic carbocycles. The van der Waals surface area contributed by atoms with Crippen molar-refractivity contribution in [1.29, 1.82) is 0 Å². The van der Waals surface area contributed by atoms with Gasteiger partial charge in [-0.3, -0.25) is 9.59 Å². The Morgan fingerprint density at radius 2 is 1.79 bits per heavy atom. The van der Waals surface area contributed by atoms with Crippen molar-refractivity contribution in [3.63, 3.8) is 0 Å². The average molecular weight is 384 g/mol. The summed E-state index contributed by atoms with van der Waals surface area (Å²) in [6, 6.07) is 12.0. The van der Waals surface area contributed by atoms with Crippen LogP contribution >= 0.6 is 0 Å². The van der Waals surface area contributed by atoms with E-state index in [-0.39, 0.29) is 12.5 Å². The lowest BCUT2D eigenvalue weighted by molar-refractivity contribution is -0.119. The Morgan fingerprint density at radius 3 is 2.43 bits per heavy atom. The third-order valence-corrected chi connectivity index (χ3v) is 4.51. The molecule has 0 unspecified atom stereocenters. The largest absolute Gasteiger partial charge is 0.493 e. The zero-order valence-electron chi connectivity index (χ0n) is 15.8. The fraction of sp³-hybridized carbons (Fsp3) is 0.333. The molecule has 0 bridgehead atoms. The minimum Gasteiger partial charge on any atom is -0.493 e. The molecule has 3 rings (SSSR count). The first kappa shape index (κ1) is 19.5. The van der Waals surface area contributed by atoms with Gasteiger partial charge >= 0.3 is 0 Å². The fourth-order valence-corrected chi connectivity index (χ4v) is 3.10. The average Bonchev–Trinajstić information content (AvgIpc) is 3.20. The summed E-state index contributed by atoms with van der Waals surface area (Å²) in [5.74, 6) is 0.608. The highest BCUT2D eigenvalue weighted by molar-refractivity contribution is 6.04. The zero-order chi connectivity index (χ0) is 19.9. The molecule has 1 fully saturated rings. The SMILES string of the molecule is COc1cc(C(=O)Nc2ccc(OC3CCCC3)cc2)ccc1OCC(N)=O. The maximum atomic E-state index is 12.5. The van der Waals surface area contributed by atoms with Gasteiger partial charge in [-0.05, 0) is 68.1 Å². The van der Waals surface area contributed by atoms with Crippen LogP contribution in [-0.2, 0) is 4.79 Å².